The summed E-state index contributed by atoms with van der Waals surface area (Å²) in [5.74, 6) is 2.07. The lowest BCUT2D eigenvalue weighted by atomic mass is 10.4. The van der Waals surface area contributed by atoms with Crippen LogP contribution in [0.2, 0.25) is 0 Å². The maximum absolute atomic E-state index is 5.45. The molecule has 0 fully saturated rings. The molecule has 1 heterocycles. The minimum absolute atomic E-state index is 0.641. The summed E-state index contributed by atoms with van der Waals surface area (Å²) in [7, 11) is 0. The molecule has 1 aromatic heterocycles. The molecule has 0 saturated heterocycles. The molecule has 4 nitrogen and oxygen atoms in total. The van der Waals surface area contributed by atoms with Gasteiger partial charge in [-0.1, -0.05) is 6.92 Å². The summed E-state index contributed by atoms with van der Waals surface area (Å²) in [6.45, 7) is 5.76. The topological polar surface area (TPSA) is 56.7 Å². The highest BCUT2D eigenvalue weighted by Crippen LogP contribution is 2.02. The Balaban J connectivity index is 2.88. The molecule has 0 bridgehead atoms. The Morgan fingerprint density at radius 1 is 1.25 bits per heavy atom. The Morgan fingerprint density at radius 3 is 2.42 bits per heavy atom. The van der Waals surface area contributed by atoms with Gasteiger partial charge in [-0.05, 0) is 13.5 Å². The van der Waals surface area contributed by atoms with Crippen LogP contribution in [0.4, 0.5) is 0 Å². The quantitative estimate of drug-likeness (QED) is 0.706. The van der Waals surface area contributed by atoms with Gasteiger partial charge in [0.1, 0.15) is 11.6 Å². The van der Waals surface area contributed by atoms with Crippen molar-refractivity contribution in [3.05, 3.63) is 11.6 Å². The molecule has 4 heteroatoms. The fraction of sp³-hybridized carbons (Fsp3) is 0.750. The Hall–Kier alpha value is -0.900. The van der Waals surface area contributed by atoms with E-state index in [0.717, 1.165) is 31.0 Å². The van der Waals surface area contributed by atoms with E-state index in [0.29, 0.717) is 6.54 Å². The van der Waals surface area contributed by atoms with Gasteiger partial charge in [0.05, 0.1) is 0 Å². The van der Waals surface area contributed by atoms with Gasteiger partial charge in [-0.2, -0.15) is 0 Å². The molecule has 0 saturated carbocycles. The average molecular weight is 168 g/mol. The van der Waals surface area contributed by atoms with Gasteiger partial charge in [-0.25, -0.2) is 0 Å². The lowest BCUT2D eigenvalue weighted by molar-refractivity contribution is 0.660. The number of hydrogen-bond donors (Lipinski definition) is 1. The highest BCUT2D eigenvalue weighted by atomic mass is 15.3. The van der Waals surface area contributed by atoms with Gasteiger partial charge < -0.3 is 10.3 Å². The minimum Gasteiger partial charge on any atom is -0.330 e. The van der Waals surface area contributed by atoms with Crippen LogP contribution in [0.1, 0.15) is 25.5 Å². The number of aryl methyl sites for hydroxylation is 1. The van der Waals surface area contributed by atoms with E-state index in [4.69, 9.17) is 5.73 Å². The first-order chi connectivity index (χ1) is 5.83. The highest BCUT2D eigenvalue weighted by Gasteiger charge is 2.06. The van der Waals surface area contributed by atoms with Crippen LogP contribution in [0.3, 0.4) is 0 Å². The Labute approximate surface area is 72.8 Å². The van der Waals surface area contributed by atoms with Gasteiger partial charge in [0.25, 0.3) is 0 Å². The molecule has 0 aliphatic heterocycles. The summed E-state index contributed by atoms with van der Waals surface area (Å²) in [5, 5.41) is 8.16. The number of aromatic nitrogens is 3. The normalized spacial score (nSPS) is 10.6. The van der Waals surface area contributed by atoms with E-state index >= 15 is 0 Å². The van der Waals surface area contributed by atoms with E-state index in [1.807, 2.05) is 0 Å². The van der Waals surface area contributed by atoms with Crippen molar-refractivity contribution in [1.29, 1.82) is 0 Å². The van der Waals surface area contributed by atoms with Crippen molar-refractivity contribution in [1.82, 2.24) is 14.8 Å². The molecular weight excluding hydrogens is 152 g/mol. The molecule has 1 aromatic rings. The van der Waals surface area contributed by atoms with E-state index in [9.17, 15) is 0 Å². The average Bonchev–Trinajstić information content (AvgIpc) is 2.47. The maximum atomic E-state index is 5.45. The highest BCUT2D eigenvalue weighted by molar-refractivity contribution is 4.96. The third-order valence-corrected chi connectivity index (χ3v) is 1.90. The molecular formula is C8H16N4. The molecule has 0 unspecified atom stereocenters. The third kappa shape index (κ3) is 1.64. The molecule has 0 atom stereocenters. The molecule has 12 heavy (non-hydrogen) atoms. The van der Waals surface area contributed by atoms with Crippen LogP contribution >= 0.6 is 0 Å². The fourth-order valence-electron chi connectivity index (χ4n) is 1.31. The van der Waals surface area contributed by atoms with E-state index in [-0.39, 0.29) is 0 Å². The molecule has 0 aromatic carbocycles. The summed E-state index contributed by atoms with van der Waals surface area (Å²) in [6, 6.07) is 0. The smallest absolute Gasteiger partial charge is 0.134 e. The summed E-state index contributed by atoms with van der Waals surface area (Å²) < 4.78 is 2.13. The van der Waals surface area contributed by atoms with Crippen LogP contribution in [-0.2, 0) is 19.4 Å². The predicted molar refractivity (Wildman–Crippen MR) is 47.8 cm³/mol. The molecule has 0 amide bonds. The zero-order valence-corrected chi connectivity index (χ0v) is 7.75. The summed E-state index contributed by atoms with van der Waals surface area (Å²) in [4.78, 5) is 0. The number of hydrogen-bond acceptors (Lipinski definition) is 3. The van der Waals surface area contributed by atoms with E-state index < -0.39 is 0 Å². The first kappa shape index (κ1) is 9.19. The van der Waals surface area contributed by atoms with Crippen LogP contribution in [0.15, 0.2) is 0 Å². The third-order valence-electron chi connectivity index (χ3n) is 1.90. The Kier molecular flexibility index (Phi) is 3.22. The molecule has 0 radical (unpaired) electrons. The molecule has 0 spiro atoms. The van der Waals surface area contributed by atoms with Crippen molar-refractivity contribution in [2.24, 2.45) is 5.73 Å². The second-order valence-corrected chi connectivity index (χ2v) is 2.67. The van der Waals surface area contributed by atoms with Gasteiger partial charge in [0.15, 0.2) is 0 Å². The zero-order valence-electron chi connectivity index (χ0n) is 7.75. The molecule has 68 valence electrons. The first-order valence-corrected chi connectivity index (χ1v) is 4.44. The summed E-state index contributed by atoms with van der Waals surface area (Å²) in [6.07, 6.45) is 1.76. The van der Waals surface area contributed by atoms with E-state index in [1.54, 1.807) is 0 Å². The molecule has 2 N–H and O–H groups in total. The van der Waals surface area contributed by atoms with E-state index in [1.165, 1.54) is 0 Å². The van der Waals surface area contributed by atoms with Gasteiger partial charge in [0.2, 0.25) is 0 Å². The maximum Gasteiger partial charge on any atom is 0.134 e. The summed E-state index contributed by atoms with van der Waals surface area (Å²) >= 11 is 0. The fourth-order valence-corrected chi connectivity index (χ4v) is 1.31. The van der Waals surface area contributed by atoms with Crippen LogP contribution in [0.25, 0.3) is 0 Å². The molecule has 0 aliphatic rings. The molecule has 0 aliphatic carbocycles. The monoisotopic (exact) mass is 168 g/mol. The van der Waals surface area contributed by atoms with Crippen molar-refractivity contribution < 1.29 is 0 Å². The number of nitrogens with two attached hydrogens (primary N) is 1. The standard InChI is InChI=1S/C8H16N4/c1-3-7-10-11-8(5-6-9)12(7)4-2/h3-6,9H2,1-2H3. The second kappa shape index (κ2) is 4.21. The van der Waals surface area contributed by atoms with Crippen molar-refractivity contribution in [3.8, 4) is 0 Å². The second-order valence-electron chi connectivity index (χ2n) is 2.67. The van der Waals surface area contributed by atoms with Crippen molar-refractivity contribution in [2.75, 3.05) is 6.54 Å². The van der Waals surface area contributed by atoms with Gasteiger partial charge in [-0.15, -0.1) is 10.2 Å². The van der Waals surface area contributed by atoms with Crippen LogP contribution in [0.5, 0.6) is 0 Å². The van der Waals surface area contributed by atoms with Gasteiger partial charge in [0, 0.05) is 19.4 Å². The summed E-state index contributed by atoms with van der Waals surface area (Å²) in [5.41, 5.74) is 5.45. The van der Waals surface area contributed by atoms with Crippen molar-refractivity contribution in [3.63, 3.8) is 0 Å². The largest absolute Gasteiger partial charge is 0.330 e. The Bertz CT molecular complexity index is 241. The first-order valence-electron chi connectivity index (χ1n) is 4.44. The SMILES string of the molecule is CCc1nnc(CCN)n1CC. The Morgan fingerprint density at radius 2 is 1.92 bits per heavy atom. The van der Waals surface area contributed by atoms with Crippen molar-refractivity contribution in [2.45, 2.75) is 33.2 Å². The van der Waals surface area contributed by atoms with Crippen LogP contribution in [-0.4, -0.2) is 21.3 Å². The zero-order chi connectivity index (χ0) is 8.97. The minimum atomic E-state index is 0.641. The molecule has 1 rings (SSSR count). The predicted octanol–water partition coefficient (Wildman–Crippen LogP) is 0.362. The number of rotatable bonds is 4. The van der Waals surface area contributed by atoms with Gasteiger partial charge >= 0.3 is 0 Å². The van der Waals surface area contributed by atoms with Crippen LogP contribution in [0, 0.1) is 0 Å². The van der Waals surface area contributed by atoms with Crippen molar-refractivity contribution >= 4 is 0 Å². The van der Waals surface area contributed by atoms with Gasteiger partial charge in [-0.3, -0.25) is 0 Å². The van der Waals surface area contributed by atoms with E-state index in [2.05, 4.69) is 28.6 Å². The lowest BCUT2D eigenvalue weighted by Gasteiger charge is -2.04. The van der Waals surface area contributed by atoms with Crippen LogP contribution < -0.4 is 5.73 Å². The lowest BCUT2D eigenvalue weighted by Crippen LogP contribution is -2.10. The number of nitrogens with zero attached hydrogens (tertiary/aromatic N) is 3.